The van der Waals surface area contributed by atoms with E-state index in [4.69, 9.17) is 5.73 Å². The Labute approximate surface area is 159 Å². The summed E-state index contributed by atoms with van der Waals surface area (Å²) in [5, 5.41) is 0. The quantitative estimate of drug-likeness (QED) is 0.821. The third-order valence-electron chi connectivity index (χ3n) is 4.38. The van der Waals surface area contributed by atoms with Gasteiger partial charge in [-0.2, -0.15) is 8.78 Å². The Hall–Kier alpha value is -3.47. The minimum Gasteiger partial charge on any atom is -0.435 e. The first-order chi connectivity index (χ1) is 13.3. The van der Waals surface area contributed by atoms with E-state index in [1.807, 2.05) is 0 Å². The fourth-order valence-electron chi connectivity index (χ4n) is 3.04. The van der Waals surface area contributed by atoms with Crippen molar-refractivity contribution in [2.45, 2.75) is 19.1 Å². The molecule has 0 fully saturated rings. The number of rotatable bonds is 4. The van der Waals surface area contributed by atoms with Crippen molar-refractivity contribution in [2.24, 2.45) is 10.7 Å². The summed E-state index contributed by atoms with van der Waals surface area (Å²) in [4.78, 5) is 18.6. The lowest BCUT2D eigenvalue weighted by atomic mass is 9.82. The standard InChI is InChI=1S/C20H16F3N3O2/c1-3-4-12-11-14(7-10-16(12)21)20(17(27)26(2)19(24)25-20)13-5-8-15(9-6-13)28-18(22)23/h5-11,18H,1-2H3,(H2,24,25)/t20-/m0/s1. The smallest absolute Gasteiger partial charge is 0.387 e. The molecule has 0 aliphatic carbocycles. The summed E-state index contributed by atoms with van der Waals surface area (Å²) in [7, 11) is 1.47. The monoisotopic (exact) mass is 387 g/mol. The average molecular weight is 387 g/mol. The minimum atomic E-state index is -2.97. The molecule has 2 aromatic carbocycles. The van der Waals surface area contributed by atoms with Gasteiger partial charge in [-0.15, -0.1) is 5.92 Å². The molecule has 0 aromatic heterocycles. The number of nitrogens with zero attached hydrogens (tertiary/aromatic N) is 2. The predicted molar refractivity (Wildman–Crippen MR) is 97.2 cm³/mol. The third-order valence-corrected chi connectivity index (χ3v) is 4.38. The van der Waals surface area contributed by atoms with E-state index in [-0.39, 0.29) is 17.3 Å². The molecule has 0 bridgehead atoms. The summed E-state index contributed by atoms with van der Waals surface area (Å²) in [6.07, 6.45) is 0. The maximum absolute atomic E-state index is 14.0. The molecule has 0 saturated carbocycles. The van der Waals surface area contributed by atoms with Crippen molar-refractivity contribution in [3.63, 3.8) is 0 Å². The highest BCUT2D eigenvalue weighted by Gasteiger charge is 2.49. The molecule has 5 nitrogen and oxygen atoms in total. The van der Waals surface area contributed by atoms with Crippen molar-refractivity contribution >= 4 is 11.9 Å². The number of carbonyl (C=O) groups is 1. The van der Waals surface area contributed by atoms with Gasteiger partial charge in [0.2, 0.25) is 0 Å². The van der Waals surface area contributed by atoms with Crippen LogP contribution in [-0.4, -0.2) is 30.4 Å². The van der Waals surface area contributed by atoms with Gasteiger partial charge in [-0.25, -0.2) is 9.38 Å². The first-order valence-electron chi connectivity index (χ1n) is 8.21. The molecule has 1 aliphatic heterocycles. The second-order valence-electron chi connectivity index (χ2n) is 6.02. The SMILES string of the molecule is CC#Cc1cc([C@]2(c3ccc(OC(F)F)cc3)N=C(N)N(C)C2=O)ccc1F. The first kappa shape index (κ1) is 19.3. The lowest BCUT2D eigenvalue weighted by molar-refractivity contribution is -0.129. The first-order valence-corrected chi connectivity index (χ1v) is 8.21. The number of hydrogen-bond acceptors (Lipinski definition) is 4. The summed E-state index contributed by atoms with van der Waals surface area (Å²) in [5.41, 5.74) is 5.11. The van der Waals surface area contributed by atoms with Crippen LogP contribution in [0.5, 0.6) is 5.75 Å². The highest BCUT2D eigenvalue weighted by atomic mass is 19.3. The van der Waals surface area contributed by atoms with Gasteiger partial charge in [0.1, 0.15) is 11.6 Å². The van der Waals surface area contributed by atoms with Crippen LogP contribution in [-0.2, 0) is 10.3 Å². The van der Waals surface area contributed by atoms with Gasteiger partial charge in [0, 0.05) is 7.05 Å². The predicted octanol–water partition coefficient (Wildman–Crippen LogP) is 2.83. The van der Waals surface area contributed by atoms with Crippen LogP contribution in [0.2, 0.25) is 0 Å². The van der Waals surface area contributed by atoms with Crippen LogP contribution in [0.4, 0.5) is 13.2 Å². The van der Waals surface area contributed by atoms with Gasteiger partial charge in [0.25, 0.3) is 5.91 Å². The molecule has 0 saturated heterocycles. The Morgan fingerprint density at radius 1 is 1.18 bits per heavy atom. The van der Waals surface area contributed by atoms with E-state index >= 15 is 0 Å². The summed E-state index contributed by atoms with van der Waals surface area (Å²) >= 11 is 0. The van der Waals surface area contributed by atoms with Crippen LogP contribution in [0.25, 0.3) is 0 Å². The summed E-state index contributed by atoms with van der Waals surface area (Å²) < 4.78 is 43.2. The zero-order chi connectivity index (χ0) is 20.5. The van der Waals surface area contributed by atoms with Gasteiger partial charge in [-0.3, -0.25) is 9.69 Å². The number of ether oxygens (including phenoxy) is 1. The Kier molecular flexibility index (Phi) is 5.01. The molecule has 2 aromatic rings. The van der Waals surface area contributed by atoms with Crippen LogP contribution < -0.4 is 10.5 Å². The van der Waals surface area contributed by atoms with E-state index in [0.717, 1.165) is 0 Å². The Bertz CT molecular complexity index is 1010. The van der Waals surface area contributed by atoms with Crippen molar-refractivity contribution in [1.29, 1.82) is 0 Å². The molecule has 28 heavy (non-hydrogen) atoms. The Morgan fingerprint density at radius 2 is 1.82 bits per heavy atom. The molecule has 1 heterocycles. The molecular formula is C20H16F3N3O2. The number of benzene rings is 2. The minimum absolute atomic E-state index is 0.0228. The van der Waals surface area contributed by atoms with E-state index in [0.29, 0.717) is 11.1 Å². The van der Waals surface area contributed by atoms with E-state index in [2.05, 4.69) is 21.6 Å². The molecule has 1 atom stereocenters. The number of alkyl halides is 2. The number of likely N-dealkylation sites (N-methyl/N-ethyl adjacent to an activating group) is 1. The molecule has 0 radical (unpaired) electrons. The fourth-order valence-corrected chi connectivity index (χ4v) is 3.04. The lowest BCUT2D eigenvalue weighted by Crippen LogP contribution is -2.41. The number of guanidine groups is 1. The zero-order valence-corrected chi connectivity index (χ0v) is 15.0. The van der Waals surface area contributed by atoms with Crippen LogP contribution >= 0.6 is 0 Å². The summed E-state index contributed by atoms with van der Waals surface area (Å²) in [5.74, 6) is 4.17. The van der Waals surface area contributed by atoms with Crippen LogP contribution in [0.3, 0.4) is 0 Å². The van der Waals surface area contributed by atoms with Gasteiger partial charge in [-0.1, -0.05) is 24.1 Å². The molecule has 1 amide bonds. The van der Waals surface area contributed by atoms with E-state index in [1.165, 1.54) is 54.4 Å². The van der Waals surface area contributed by atoms with Gasteiger partial charge in [0.05, 0.1) is 5.56 Å². The van der Waals surface area contributed by atoms with Crippen molar-refractivity contribution in [3.8, 4) is 17.6 Å². The number of hydrogen-bond donors (Lipinski definition) is 1. The molecular weight excluding hydrogens is 371 g/mol. The molecule has 1 aliphatic rings. The van der Waals surface area contributed by atoms with Crippen molar-refractivity contribution in [2.75, 3.05) is 7.05 Å². The normalized spacial score (nSPS) is 18.7. The van der Waals surface area contributed by atoms with Crippen molar-refractivity contribution in [3.05, 3.63) is 65.0 Å². The molecule has 0 spiro atoms. The number of halogens is 3. The van der Waals surface area contributed by atoms with Gasteiger partial charge in [-0.05, 0) is 42.3 Å². The second kappa shape index (κ2) is 7.27. The summed E-state index contributed by atoms with van der Waals surface area (Å²) in [6, 6.07) is 9.55. The second-order valence-corrected chi connectivity index (χ2v) is 6.02. The van der Waals surface area contributed by atoms with Crippen LogP contribution in [0.15, 0.2) is 47.5 Å². The molecule has 2 N–H and O–H groups in total. The number of aliphatic imine (C=N–C) groups is 1. The largest absolute Gasteiger partial charge is 0.435 e. The summed E-state index contributed by atoms with van der Waals surface area (Å²) in [6.45, 7) is -1.41. The maximum Gasteiger partial charge on any atom is 0.387 e. The highest BCUT2D eigenvalue weighted by molar-refractivity contribution is 6.08. The Balaban J connectivity index is 2.20. The Morgan fingerprint density at radius 3 is 2.36 bits per heavy atom. The van der Waals surface area contributed by atoms with Gasteiger partial charge < -0.3 is 10.5 Å². The van der Waals surface area contributed by atoms with E-state index < -0.39 is 23.9 Å². The number of nitrogens with two attached hydrogens (primary N) is 1. The maximum atomic E-state index is 14.0. The molecule has 0 unspecified atom stereocenters. The molecule has 3 rings (SSSR count). The lowest BCUT2D eigenvalue weighted by Gasteiger charge is -2.26. The number of carbonyl (C=O) groups excluding carboxylic acids is 1. The van der Waals surface area contributed by atoms with Crippen molar-refractivity contribution < 1.29 is 22.7 Å². The van der Waals surface area contributed by atoms with E-state index in [1.54, 1.807) is 6.92 Å². The average Bonchev–Trinajstić information content (AvgIpc) is 2.89. The van der Waals surface area contributed by atoms with Crippen LogP contribution in [0, 0.1) is 17.7 Å². The van der Waals surface area contributed by atoms with Gasteiger partial charge >= 0.3 is 6.61 Å². The van der Waals surface area contributed by atoms with Gasteiger partial charge in [0.15, 0.2) is 11.5 Å². The van der Waals surface area contributed by atoms with Crippen molar-refractivity contribution in [1.82, 2.24) is 4.90 Å². The molecule has 144 valence electrons. The number of amides is 1. The van der Waals surface area contributed by atoms with E-state index in [9.17, 15) is 18.0 Å². The molecule has 8 heteroatoms. The fraction of sp³-hybridized carbons (Fsp3) is 0.200. The third kappa shape index (κ3) is 3.16. The highest BCUT2D eigenvalue weighted by Crippen LogP contribution is 2.40. The van der Waals surface area contributed by atoms with Crippen LogP contribution in [0.1, 0.15) is 23.6 Å². The topological polar surface area (TPSA) is 67.9 Å². The zero-order valence-electron chi connectivity index (χ0n) is 15.0.